The van der Waals surface area contributed by atoms with Gasteiger partial charge in [0.2, 0.25) is 15.6 Å². The molecule has 0 amide bonds. The Morgan fingerprint density at radius 3 is 2.42 bits per heavy atom. The second-order valence-corrected chi connectivity index (χ2v) is 12.8. The summed E-state index contributed by atoms with van der Waals surface area (Å²) in [6.45, 7) is 0.672. The Labute approximate surface area is 222 Å². The Morgan fingerprint density at radius 2 is 1.75 bits per heavy atom. The molecule has 1 aromatic heterocycles. The van der Waals surface area contributed by atoms with Crippen molar-refractivity contribution >= 4 is 43.3 Å². The largest absolute Gasteiger partial charge is 0.476 e. The molecule has 10 heteroatoms. The van der Waals surface area contributed by atoms with Gasteiger partial charge in [-0.3, -0.25) is 9.78 Å². The number of fused-ring (bicyclic) bond motifs is 3. The van der Waals surface area contributed by atoms with Crippen molar-refractivity contribution in [2.75, 3.05) is 13.1 Å². The van der Waals surface area contributed by atoms with E-state index in [9.17, 15) is 18.3 Å². The molecule has 3 aromatic rings. The summed E-state index contributed by atoms with van der Waals surface area (Å²) in [6, 6.07) is 17.4. The highest BCUT2D eigenvalue weighted by Gasteiger charge is 2.79. The molecular weight excluding hydrogens is 568 g/mol. The summed E-state index contributed by atoms with van der Waals surface area (Å²) in [4.78, 5) is 18.7. The molecule has 1 saturated heterocycles. The standard InChI is InChI=1S/C26H22BrClN2O5S/c27-18-10-8-17(9-11-18)26-21(16-6-2-1-3-7-16)22(36(33,34)30-12-4-5-13-30)24(31)25(26,32)23-20(35-26)14-19(28)15-29-23/h1-3,6-11,14-15,21-22,32H,4-5,12-13H2/t21-,22-,25+,26+/m1/s1. The number of Topliss-reactive ketones (excluding diaryl/α,β-unsaturated/α-hetero) is 1. The number of benzene rings is 2. The highest BCUT2D eigenvalue weighted by Crippen LogP contribution is 2.66. The van der Waals surface area contributed by atoms with Gasteiger partial charge < -0.3 is 9.84 Å². The zero-order valence-electron chi connectivity index (χ0n) is 19.0. The Hall–Kier alpha value is -2.30. The maximum absolute atomic E-state index is 14.4. The molecule has 0 spiro atoms. The molecule has 4 atom stereocenters. The van der Waals surface area contributed by atoms with Crippen LogP contribution in [-0.2, 0) is 26.0 Å². The predicted molar refractivity (Wildman–Crippen MR) is 137 cm³/mol. The van der Waals surface area contributed by atoms with Crippen molar-refractivity contribution in [3.63, 3.8) is 0 Å². The summed E-state index contributed by atoms with van der Waals surface area (Å²) in [5, 5.41) is 11.1. The molecule has 2 fully saturated rings. The first kappa shape index (κ1) is 24.1. The molecule has 0 radical (unpaired) electrons. The fourth-order valence-electron chi connectivity index (χ4n) is 5.98. The van der Waals surface area contributed by atoms with Gasteiger partial charge in [0, 0.05) is 29.8 Å². The van der Waals surface area contributed by atoms with E-state index in [0.717, 1.165) is 17.3 Å². The lowest BCUT2D eigenvalue weighted by Crippen LogP contribution is -2.51. The van der Waals surface area contributed by atoms with E-state index in [1.54, 1.807) is 48.5 Å². The molecule has 1 saturated carbocycles. The number of hydrogen-bond donors (Lipinski definition) is 1. The molecule has 3 aliphatic rings. The highest BCUT2D eigenvalue weighted by molar-refractivity contribution is 9.10. The molecule has 0 unspecified atom stereocenters. The number of pyridine rings is 1. The number of halogens is 2. The minimum Gasteiger partial charge on any atom is -0.476 e. The molecule has 3 heterocycles. The third-order valence-electron chi connectivity index (χ3n) is 7.50. The zero-order valence-corrected chi connectivity index (χ0v) is 22.1. The number of aromatic nitrogens is 1. The van der Waals surface area contributed by atoms with Crippen LogP contribution in [0.5, 0.6) is 5.75 Å². The van der Waals surface area contributed by atoms with E-state index in [-0.39, 0.29) is 16.5 Å². The van der Waals surface area contributed by atoms with Crippen molar-refractivity contribution in [2.24, 2.45) is 0 Å². The van der Waals surface area contributed by atoms with Gasteiger partial charge in [-0.05, 0) is 36.1 Å². The van der Waals surface area contributed by atoms with Crippen LogP contribution in [0.3, 0.4) is 0 Å². The maximum Gasteiger partial charge on any atom is 0.225 e. The lowest BCUT2D eigenvalue weighted by molar-refractivity contribution is -0.151. The number of nitrogens with zero attached hydrogens (tertiary/aromatic N) is 2. The van der Waals surface area contributed by atoms with Crippen molar-refractivity contribution < 1.29 is 23.1 Å². The average Bonchev–Trinajstić information content (AvgIpc) is 3.54. The average molecular weight is 590 g/mol. The molecule has 6 rings (SSSR count). The van der Waals surface area contributed by atoms with E-state index < -0.39 is 38.2 Å². The molecule has 1 aliphatic carbocycles. The van der Waals surface area contributed by atoms with Crippen LogP contribution >= 0.6 is 27.5 Å². The molecular formula is C26H22BrClN2O5S. The van der Waals surface area contributed by atoms with Crippen LogP contribution in [0, 0.1) is 0 Å². The Kier molecular flexibility index (Phi) is 5.59. The van der Waals surface area contributed by atoms with Crippen molar-refractivity contribution in [3.8, 4) is 5.75 Å². The van der Waals surface area contributed by atoms with Crippen molar-refractivity contribution in [2.45, 2.75) is 35.2 Å². The smallest absolute Gasteiger partial charge is 0.225 e. The fourth-order valence-corrected chi connectivity index (χ4v) is 8.61. The van der Waals surface area contributed by atoms with Crippen LogP contribution in [0.1, 0.15) is 35.6 Å². The van der Waals surface area contributed by atoms with E-state index in [1.165, 1.54) is 16.6 Å². The highest BCUT2D eigenvalue weighted by atomic mass is 79.9. The van der Waals surface area contributed by atoms with Crippen LogP contribution in [0.25, 0.3) is 0 Å². The number of ether oxygens (including phenoxy) is 1. The van der Waals surface area contributed by atoms with Gasteiger partial charge in [0.05, 0.1) is 10.9 Å². The number of rotatable bonds is 4. The molecule has 2 aromatic carbocycles. The van der Waals surface area contributed by atoms with Gasteiger partial charge in [-0.2, -0.15) is 0 Å². The number of carbonyl (C=O) groups is 1. The summed E-state index contributed by atoms with van der Waals surface area (Å²) < 4.78 is 36.9. The second kappa shape index (κ2) is 8.36. The molecule has 186 valence electrons. The molecule has 1 N–H and O–H groups in total. The van der Waals surface area contributed by atoms with Gasteiger partial charge in [0.1, 0.15) is 16.7 Å². The first-order valence-corrected chi connectivity index (χ1v) is 14.3. The zero-order chi connectivity index (χ0) is 25.3. The quantitative estimate of drug-likeness (QED) is 0.492. The van der Waals surface area contributed by atoms with Crippen molar-refractivity contribution in [1.82, 2.24) is 9.29 Å². The first-order chi connectivity index (χ1) is 17.2. The third-order valence-corrected chi connectivity index (χ3v) is 10.5. The normalized spacial score (nSPS) is 29.7. The molecule has 7 nitrogen and oxygen atoms in total. The SMILES string of the molecule is O=C1[C@H](S(=O)(=O)N2CCCC2)[C@@H](c2ccccc2)[C@]2(c3ccc(Br)cc3)Oc3cc(Cl)cnc3[C@]12O. The van der Waals surface area contributed by atoms with Gasteiger partial charge in [0.15, 0.2) is 11.4 Å². The lowest BCUT2D eigenvalue weighted by Gasteiger charge is -2.39. The van der Waals surface area contributed by atoms with Crippen LogP contribution < -0.4 is 4.74 Å². The van der Waals surface area contributed by atoms with Crippen LogP contribution in [0.15, 0.2) is 71.3 Å². The Morgan fingerprint density at radius 1 is 1.08 bits per heavy atom. The predicted octanol–water partition coefficient (Wildman–Crippen LogP) is 4.13. The van der Waals surface area contributed by atoms with E-state index >= 15 is 0 Å². The van der Waals surface area contributed by atoms with Gasteiger partial charge in [-0.25, -0.2) is 12.7 Å². The van der Waals surface area contributed by atoms with E-state index in [4.69, 9.17) is 16.3 Å². The minimum atomic E-state index is -4.15. The van der Waals surface area contributed by atoms with Crippen LogP contribution in [0.4, 0.5) is 0 Å². The Bertz CT molecular complexity index is 1460. The van der Waals surface area contributed by atoms with Crippen LogP contribution in [0.2, 0.25) is 5.02 Å². The number of carbonyl (C=O) groups excluding carboxylic acids is 1. The van der Waals surface area contributed by atoms with Gasteiger partial charge in [-0.1, -0.05) is 70.0 Å². The van der Waals surface area contributed by atoms with Gasteiger partial charge in [0.25, 0.3) is 0 Å². The molecule has 36 heavy (non-hydrogen) atoms. The van der Waals surface area contributed by atoms with Gasteiger partial charge >= 0.3 is 0 Å². The topological polar surface area (TPSA) is 96.8 Å². The third kappa shape index (κ3) is 3.13. The summed E-state index contributed by atoms with van der Waals surface area (Å²) in [6.07, 6.45) is 2.77. The number of aliphatic hydroxyl groups is 1. The van der Waals surface area contributed by atoms with Crippen LogP contribution in [-0.4, -0.2) is 46.9 Å². The summed E-state index contributed by atoms with van der Waals surface area (Å²) >= 11 is 9.63. The fraction of sp³-hybridized carbons (Fsp3) is 0.308. The van der Waals surface area contributed by atoms with Crippen molar-refractivity contribution in [3.05, 3.63) is 93.2 Å². The monoisotopic (exact) mass is 588 g/mol. The molecule has 2 aliphatic heterocycles. The number of ketones is 1. The molecule has 0 bridgehead atoms. The van der Waals surface area contributed by atoms with E-state index in [1.807, 2.05) is 6.07 Å². The minimum absolute atomic E-state index is 0.0279. The lowest BCUT2D eigenvalue weighted by atomic mass is 9.72. The summed E-state index contributed by atoms with van der Waals surface area (Å²) in [5.41, 5.74) is -3.15. The van der Waals surface area contributed by atoms with E-state index in [2.05, 4.69) is 20.9 Å². The van der Waals surface area contributed by atoms with Gasteiger partial charge in [-0.15, -0.1) is 0 Å². The number of sulfonamides is 1. The summed E-state index contributed by atoms with van der Waals surface area (Å²) in [7, 11) is -4.15. The first-order valence-electron chi connectivity index (χ1n) is 11.6. The second-order valence-electron chi connectivity index (χ2n) is 9.38. The number of hydrogen-bond acceptors (Lipinski definition) is 6. The summed E-state index contributed by atoms with van der Waals surface area (Å²) in [5.74, 6) is -1.75. The van der Waals surface area contributed by atoms with E-state index in [0.29, 0.717) is 24.2 Å². The maximum atomic E-state index is 14.4. The van der Waals surface area contributed by atoms with Crippen molar-refractivity contribution in [1.29, 1.82) is 0 Å². The Balaban J connectivity index is 1.69.